The first-order valence-corrected chi connectivity index (χ1v) is 5.57. The van der Waals surface area contributed by atoms with E-state index in [1.165, 1.54) is 5.57 Å². The number of nitrogens with one attached hydrogen (secondary N) is 5. The zero-order valence-corrected chi connectivity index (χ0v) is 9.43. The molecular weight excluding hydrogens is 190 g/mol. The Labute approximate surface area is 91.1 Å². The maximum Gasteiger partial charge on any atom is 0.0778 e. The highest BCUT2D eigenvalue weighted by Crippen LogP contribution is 2.04. The molecule has 2 heterocycles. The quantitative estimate of drug-likeness (QED) is 0.382. The molecule has 86 valence electrons. The van der Waals surface area contributed by atoms with Crippen molar-refractivity contribution in [2.24, 2.45) is 0 Å². The smallest absolute Gasteiger partial charge is 0.0778 e. The van der Waals surface area contributed by atoms with Crippen LogP contribution < -0.4 is 26.6 Å². The van der Waals surface area contributed by atoms with Gasteiger partial charge in [0.15, 0.2) is 0 Å². The topological polar surface area (TPSA) is 60.1 Å². The van der Waals surface area contributed by atoms with Gasteiger partial charge in [0.1, 0.15) is 0 Å². The van der Waals surface area contributed by atoms with E-state index in [0.29, 0.717) is 18.4 Å². The van der Waals surface area contributed by atoms with Gasteiger partial charge in [-0.05, 0) is 13.8 Å². The van der Waals surface area contributed by atoms with Crippen LogP contribution in [0.25, 0.3) is 0 Å². The van der Waals surface area contributed by atoms with Gasteiger partial charge in [0.25, 0.3) is 0 Å². The zero-order chi connectivity index (χ0) is 10.7. The Balaban J connectivity index is 1.83. The molecule has 3 unspecified atom stereocenters. The fourth-order valence-electron chi connectivity index (χ4n) is 2.04. The van der Waals surface area contributed by atoms with Gasteiger partial charge in [0.05, 0.1) is 18.4 Å². The van der Waals surface area contributed by atoms with E-state index in [0.717, 1.165) is 19.9 Å². The fraction of sp³-hybridized carbons (Fsp3) is 0.800. The average molecular weight is 211 g/mol. The van der Waals surface area contributed by atoms with Crippen LogP contribution in [0.4, 0.5) is 0 Å². The van der Waals surface area contributed by atoms with Crippen LogP contribution in [0.15, 0.2) is 11.6 Å². The van der Waals surface area contributed by atoms with Crippen molar-refractivity contribution in [2.75, 3.05) is 19.9 Å². The summed E-state index contributed by atoms with van der Waals surface area (Å²) in [6, 6.07) is 0.421. The maximum atomic E-state index is 3.49. The summed E-state index contributed by atoms with van der Waals surface area (Å²) in [5.41, 5.74) is 1.35. The second-order valence-corrected chi connectivity index (χ2v) is 4.34. The summed E-state index contributed by atoms with van der Waals surface area (Å²) in [5, 5.41) is 17.1. The molecule has 0 aliphatic carbocycles. The van der Waals surface area contributed by atoms with Crippen molar-refractivity contribution in [1.29, 1.82) is 0 Å². The summed E-state index contributed by atoms with van der Waals surface area (Å²) in [6.45, 7) is 6.89. The SMILES string of the molecule is CC(C)=CCNC1NCNC2NCNC12. The van der Waals surface area contributed by atoms with Gasteiger partial charge < -0.3 is 0 Å². The van der Waals surface area contributed by atoms with Gasteiger partial charge in [0, 0.05) is 19.9 Å². The number of hydrogen-bond donors (Lipinski definition) is 5. The van der Waals surface area contributed by atoms with E-state index in [9.17, 15) is 0 Å². The molecule has 2 rings (SSSR count). The number of fused-ring (bicyclic) bond motifs is 1. The molecule has 2 aliphatic rings. The minimum absolute atomic E-state index is 0.335. The Morgan fingerprint density at radius 3 is 2.67 bits per heavy atom. The maximum absolute atomic E-state index is 3.49. The largest absolute Gasteiger partial charge is 0.297 e. The molecule has 5 N–H and O–H groups in total. The van der Waals surface area contributed by atoms with Crippen molar-refractivity contribution in [3.05, 3.63) is 11.6 Å². The van der Waals surface area contributed by atoms with Crippen molar-refractivity contribution >= 4 is 0 Å². The lowest BCUT2D eigenvalue weighted by molar-refractivity contribution is 0.240. The first-order chi connectivity index (χ1) is 7.27. The normalized spacial score (nSPS) is 34.9. The van der Waals surface area contributed by atoms with Gasteiger partial charge in [-0.15, -0.1) is 0 Å². The highest BCUT2D eigenvalue weighted by Gasteiger charge is 2.35. The van der Waals surface area contributed by atoms with Crippen molar-refractivity contribution < 1.29 is 0 Å². The summed E-state index contributed by atoms with van der Waals surface area (Å²) in [4.78, 5) is 0. The highest BCUT2D eigenvalue weighted by atomic mass is 15.4. The van der Waals surface area contributed by atoms with Gasteiger partial charge in [-0.1, -0.05) is 11.6 Å². The van der Waals surface area contributed by atoms with Crippen LogP contribution in [0, 0.1) is 0 Å². The molecule has 0 radical (unpaired) electrons. The number of rotatable bonds is 3. The Hall–Kier alpha value is -0.460. The Bertz CT molecular complexity index is 236. The van der Waals surface area contributed by atoms with Gasteiger partial charge >= 0.3 is 0 Å². The second kappa shape index (κ2) is 5.05. The molecule has 2 aliphatic heterocycles. The van der Waals surface area contributed by atoms with Crippen LogP contribution in [0.2, 0.25) is 0 Å². The molecule has 5 heteroatoms. The van der Waals surface area contributed by atoms with E-state index < -0.39 is 0 Å². The van der Waals surface area contributed by atoms with Crippen LogP contribution >= 0.6 is 0 Å². The highest BCUT2D eigenvalue weighted by molar-refractivity contribution is 4.99. The standard InChI is InChI=1S/C10H21N5/c1-7(2)3-4-11-9-8-10(13-5-12-8)15-6-14-9/h3,8-15H,4-6H2,1-2H3. The molecule has 0 amide bonds. The van der Waals surface area contributed by atoms with Crippen molar-refractivity contribution in [3.63, 3.8) is 0 Å². The predicted molar refractivity (Wildman–Crippen MR) is 61.1 cm³/mol. The molecule has 3 atom stereocenters. The van der Waals surface area contributed by atoms with Crippen LogP contribution in [-0.2, 0) is 0 Å². The van der Waals surface area contributed by atoms with Gasteiger partial charge in [-0.3, -0.25) is 26.6 Å². The molecule has 0 saturated carbocycles. The molecule has 2 saturated heterocycles. The summed E-state index contributed by atoms with van der Waals surface area (Å²) in [5.74, 6) is 0. The summed E-state index contributed by atoms with van der Waals surface area (Å²) in [6.07, 6.45) is 2.93. The number of hydrogen-bond acceptors (Lipinski definition) is 5. The molecule has 0 bridgehead atoms. The number of allylic oxidation sites excluding steroid dienone is 1. The van der Waals surface area contributed by atoms with Crippen LogP contribution in [0.1, 0.15) is 13.8 Å². The minimum atomic E-state index is 0.335. The Kier molecular flexibility index (Phi) is 3.71. The summed E-state index contributed by atoms with van der Waals surface area (Å²) >= 11 is 0. The minimum Gasteiger partial charge on any atom is -0.297 e. The van der Waals surface area contributed by atoms with E-state index >= 15 is 0 Å². The molecule has 2 fully saturated rings. The van der Waals surface area contributed by atoms with E-state index in [4.69, 9.17) is 0 Å². The molecule has 0 spiro atoms. The van der Waals surface area contributed by atoms with Crippen molar-refractivity contribution in [1.82, 2.24) is 26.6 Å². The van der Waals surface area contributed by atoms with Gasteiger partial charge in [-0.2, -0.15) is 0 Å². The third-order valence-electron chi connectivity index (χ3n) is 2.87. The lowest BCUT2D eigenvalue weighted by Gasteiger charge is -2.35. The molecule has 0 aromatic carbocycles. The van der Waals surface area contributed by atoms with E-state index in [1.54, 1.807) is 0 Å². The Morgan fingerprint density at radius 2 is 1.93 bits per heavy atom. The van der Waals surface area contributed by atoms with Crippen LogP contribution in [0.3, 0.4) is 0 Å². The zero-order valence-electron chi connectivity index (χ0n) is 9.43. The average Bonchev–Trinajstić information content (AvgIpc) is 2.65. The van der Waals surface area contributed by atoms with Gasteiger partial charge in [0.2, 0.25) is 0 Å². The third kappa shape index (κ3) is 2.76. The lowest BCUT2D eigenvalue weighted by atomic mass is 10.1. The van der Waals surface area contributed by atoms with Crippen molar-refractivity contribution in [2.45, 2.75) is 32.2 Å². The molecule has 5 nitrogen and oxygen atoms in total. The first-order valence-electron chi connectivity index (χ1n) is 5.57. The van der Waals surface area contributed by atoms with Gasteiger partial charge in [-0.25, -0.2) is 0 Å². The second-order valence-electron chi connectivity index (χ2n) is 4.34. The van der Waals surface area contributed by atoms with Crippen LogP contribution in [-0.4, -0.2) is 38.3 Å². The fourth-order valence-corrected chi connectivity index (χ4v) is 2.04. The molecule has 15 heavy (non-hydrogen) atoms. The summed E-state index contributed by atoms with van der Waals surface area (Å²) < 4.78 is 0. The van der Waals surface area contributed by atoms with E-state index in [2.05, 4.69) is 46.5 Å². The van der Waals surface area contributed by atoms with E-state index in [1.807, 2.05) is 0 Å². The Morgan fingerprint density at radius 1 is 1.20 bits per heavy atom. The van der Waals surface area contributed by atoms with E-state index in [-0.39, 0.29) is 0 Å². The summed E-state index contributed by atoms with van der Waals surface area (Å²) in [7, 11) is 0. The third-order valence-corrected chi connectivity index (χ3v) is 2.87. The predicted octanol–water partition coefficient (Wildman–Crippen LogP) is -1.14. The van der Waals surface area contributed by atoms with Crippen LogP contribution in [0.5, 0.6) is 0 Å². The molecule has 0 aromatic heterocycles. The molecule has 0 aromatic rings. The monoisotopic (exact) mass is 211 g/mol. The van der Waals surface area contributed by atoms with Crippen molar-refractivity contribution in [3.8, 4) is 0 Å². The lowest BCUT2D eigenvalue weighted by Crippen LogP contribution is -2.68. The molecular formula is C10H21N5. The first kappa shape index (κ1) is 11.0.